The van der Waals surface area contributed by atoms with Crippen molar-refractivity contribution < 1.29 is 4.79 Å². The molecule has 0 heterocycles. The molecule has 0 aromatic carbocycles. The Kier molecular flexibility index (Phi) is 3.38. The third kappa shape index (κ3) is 2.50. The van der Waals surface area contributed by atoms with Gasteiger partial charge in [0.05, 0.1) is 6.54 Å². The topological polar surface area (TPSA) is 82.2 Å². The highest BCUT2D eigenvalue weighted by molar-refractivity contribution is 5.84. The zero-order chi connectivity index (χ0) is 14.3. The number of nitrogens with two attached hydrogens (primary N) is 1. The van der Waals surface area contributed by atoms with Crippen LogP contribution >= 0.6 is 0 Å². The first-order valence-electron chi connectivity index (χ1n) is 7.89. The van der Waals surface area contributed by atoms with Crippen molar-refractivity contribution in [1.82, 2.24) is 10.2 Å². The van der Waals surface area contributed by atoms with E-state index in [-0.39, 0.29) is 24.0 Å². The Labute approximate surface area is 120 Å². The summed E-state index contributed by atoms with van der Waals surface area (Å²) in [7, 11) is 0. The minimum atomic E-state index is -0.0374. The van der Waals surface area contributed by atoms with Crippen LogP contribution in [0.15, 0.2) is 0 Å². The smallest absolute Gasteiger partial charge is 0.318 e. The fourth-order valence-electron chi connectivity index (χ4n) is 5.10. The zero-order valence-electron chi connectivity index (χ0n) is 12.3. The van der Waals surface area contributed by atoms with Crippen molar-refractivity contribution in [2.75, 3.05) is 13.1 Å². The summed E-state index contributed by atoms with van der Waals surface area (Å²) in [6, 6.07) is -0.0374. The number of hydrogen-bond donors (Lipinski definition) is 3. The number of carbonyl (C=O) groups excluding carboxylic acids is 1. The molecule has 0 saturated heterocycles. The Morgan fingerprint density at radius 2 is 1.75 bits per heavy atom. The fraction of sp³-hybridized carbons (Fsp3) is 0.867. The molecule has 0 spiro atoms. The molecule has 0 atom stereocenters. The lowest BCUT2D eigenvalue weighted by Crippen LogP contribution is -2.62. The van der Waals surface area contributed by atoms with Gasteiger partial charge in [0, 0.05) is 12.1 Å². The van der Waals surface area contributed by atoms with Crippen LogP contribution < -0.4 is 11.1 Å². The van der Waals surface area contributed by atoms with Gasteiger partial charge in [0.2, 0.25) is 0 Å². The van der Waals surface area contributed by atoms with Gasteiger partial charge in [-0.05, 0) is 63.2 Å². The van der Waals surface area contributed by atoms with Gasteiger partial charge < -0.3 is 16.0 Å². The summed E-state index contributed by atoms with van der Waals surface area (Å²) < 4.78 is 0. The summed E-state index contributed by atoms with van der Waals surface area (Å²) >= 11 is 0. The Morgan fingerprint density at radius 3 is 2.15 bits per heavy atom. The second-order valence-corrected chi connectivity index (χ2v) is 7.17. The van der Waals surface area contributed by atoms with Crippen LogP contribution in [-0.4, -0.2) is 35.4 Å². The summed E-state index contributed by atoms with van der Waals surface area (Å²) in [5, 5.41) is 10.7. The molecule has 2 amide bonds. The summed E-state index contributed by atoms with van der Waals surface area (Å²) in [5.41, 5.74) is 5.47. The first-order chi connectivity index (χ1) is 9.49. The number of hydrogen-bond acceptors (Lipinski definition) is 2. The molecule has 4 bridgehead atoms. The maximum absolute atomic E-state index is 12.5. The van der Waals surface area contributed by atoms with Crippen LogP contribution in [-0.2, 0) is 0 Å². The lowest BCUT2D eigenvalue weighted by atomic mass is 9.53. The Hall–Kier alpha value is -1.26. The van der Waals surface area contributed by atoms with Crippen molar-refractivity contribution >= 4 is 11.9 Å². The molecule has 0 aromatic rings. The van der Waals surface area contributed by atoms with E-state index in [2.05, 4.69) is 5.32 Å². The van der Waals surface area contributed by atoms with Crippen molar-refractivity contribution in [2.24, 2.45) is 23.5 Å². The molecule has 4 aliphatic carbocycles. The Bertz CT molecular complexity index is 385. The number of urea groups is 1. The quantitative estimate of drug-likeness (QED) is 0.542. The lowest BCUT2D eigenvalue weighted by Gasteiger charge is -2.57. The summed E-state index contributed by atoms with van der Waals surface area (Å²) in [6.07, 6.45) is 7.59. The first-order valence-corrected chi connectivity index (χ1v) is 7.89. The third-order valence-corrected chi connectivity index (χ3v) is 5.44. The van der Waals surface area contributed by atoms with E-state index in [1.54, 1.807) is 4.90 Å². The SMILES string of the molecule is CCN(CC(=N)N)C(=O)NC12CC3CC(CC(C3)C1)C2. The largest absolute Gasteiger partial charge is 0.386 e. The van der Waals surface area contributed by atoms with Crippen molar-refractivity contribution in [3.8, 4) is 0 Å². The number of nitrogens with zero attached hydrogens (tertiary/aromatic N) is 1. The second kappa shape index (κ2) is 4.93. The van der Waals surface area contributed by atoms with E-state index in [1.165, 1.54) is 19.3 Å². The van der Waals surface area contributed by atoms with Gasteiger partial charge in [-0.1, -0.05) is 0 Å². The molecule has 4 aliphatic rings. The monoisotopic (exact) mass is 278 g/mol. The third-order valence-electron chi connectivity index (χ3n) is 5.44. The molecular weight excluding hydrogens is 252 g/mol. The van der Waals surface area contributed by atoms with Gasteiger partial charge in [-0.15, -0.1) is 0 Å². The van der Waals surface area contributed by atoms with Gasteiger partial charge in [0.25, 0.3) is 0 Å². The van der Waals surface area contributed by atoms with Crippen molar-refractivity contribution in [2.45, 2.75) is 51.0 Å². The number of nitrogens with one attached hydrogen (secondary N) is 2. The van der Waals surface area contributed by atoms with Crippen LogP contribution in [0.2, 0.25) is 0 Å². The van der Waals surface area contributed by atoms with Gasteiger partial charge in [0.1, 0.15) is 5.84 Å². The molecule has 0 aromatic heterocycles. The fourth-order valence-corrected chi connectivity index (χ4v) is 5.10. The second-order valence-electron chi connectivity index (χ2n) is 7.17. The number of amides is 2. The van der Waals surface area contributed by atoms with E-state index in [0.717, 1.165) is 37.0 Å². The van der Waals surface area contributed by atoms with Gasteiger partial charge in [-0.25, -0.2) is 4.79 Å². The van der Waals surface area contributed by atoms with E-state index in [0.29, 0.717) is 6.54 Å². The van der Waals surface area contributed by atoms with Crippen molar-refractivity contribution in [3.05, 3.63) is 0 Å². The highest BCUT2D eigenvalue weighted by atomic mass is 16.2. The molecule has 0 radical (unpaired) electrons. The molecule has 0 unspecified atom stereocenters. The van der Waals surface area contributed by atoms with E-state index < -0.39 is 0 Å². The highest BCUT2D eigenvalue weighted by Gasteiger charge is 2.51. The summed E-state index contributed by atoms with van der Waals surface area (Å²) in [5.74, 6) is 2.52. The number of rotatable bonds is 4. The average Bonchev–Trinajstić information content (AvgIpc) is 2.33. The number of amidine groups is 1. The predicted molar refractivity (Wildman–Crippen MR) is 78.6 cm³/mol. The molecule has 4 rings (SSSR count). The maximum atomic E-state index is 12.5. The summed E-state index contributed by atoms with van der Waals surface area (Å²) in [4.78, 5) is 14.1. The average molecular weight is 278 g/mol. The molecular formula is C15H26N4O. The van der Waals surface area contributed by atoms with E-state index in [4.69, 9.17) is 11.1 Å². The van der Waals surface area contributed by atoms with Crippen LogP contribution in [0.1, 0.15) is 45.4 Å². The first kappa shape index (κ1) is 13.7. The van der Waals surface area contributed by atoms with Crippen LogP contribution in [0.25, 0.3) is 0 Å². The predicted octanol–water partition coefficient (Wildman–Crippen LogP) is 1.92. The van der Waals surface area contributed by atoms with E-state index in [1.807, 2.05) is 6.92 Å². The maximum Gasteiger partial charge on any atom is 0.318 e. The van der Waals surface area contributed by atoms with Gasteiger partial charge in [0.15, 0.2) is 0 Å². The Balaban J connectivity index is 1.67. The molecule has 5 heteroatoms. The van der Waals surface area contributed by atoms with Gasteiger partial charge in [-0.3, -0.25) is 5.41 Å². The molecule has 20 heavy (non-hydrogen) atoms. The molecule has 4 N–H and O–H groups in total. The van der Waals surface area contributed by atoms with E-state index >= 15 is 0 Å². The normalized spacial score (nSPS) is 37.8. The van der Waals surface area contributed by atoms with Crippen LogP contribution in [0, 0.1) is 23.2 Å². The highest BCUT2D eigenvalue weighted by Crippen LogP contribution is 2.55. The Morgan fingerprint density at radius 1 is 1.25 bits per heavy atom. The zero-order valence-corrected chi connectivity index (χ0v) is 12.3. The van der Waals surface area contributed by atoms with Crippen molar-refractivity contribution in [3.63, 3.8) is 0 Å². The minimum Gasteiger partial charge on any atom is -0.386 e. The molecule has 5 nitrogen and oxygen atoms in total. The summed E-state index contributed by atoms with van der Waals surface area (Å²) in [6.45, 7) is 2.76. The number of carbonyl (C=O) groups is 1. The van der Waals surface area contributed by atoms with E-state index in [9.17, 15) is 4.79 Å². The van der Waals surface area contributed by atoms with Crippen LogP contribution in [0.5, 0.6) is 0 Å². The minimum absolute atomic E-state index is 0.0374. The molecule has 4 fully saturated rings. The number of likely N-dealkylation sites (N-methyl/N-ethyl adjacent to an activating group) is 1. The van der Waals surface area contributed by atoms with Crippen LogP contribution in [0.3, 0.4) is 0 Å². The van der Waals surface area contributed by atoms with Crippen molar-refractivity contribution in [1.29, 1.82) is 5.41 Å². The molecule has 4 saturated carbocycles. The molecule has 0 aliphatic heterocycles. The molecule has 112 valence electrons. The lowest BCUT2D eigenvalue weighted by molar-refractivity contribution is -0.0153. The standard InChI is InChI=1S/C15H26N4O/c1-2-19(9-13(16)17)14(20)18-15-6-10-3-11(7-15)5-12(4-10)8-15/h10-12H,2-9H2,1H3,(H3,16,17)(H,18,20). The van der Waals surface area contributed by atoms with Gasteiger partial charge >= 0.3 is 6.03 Å². The van der Waals surface area contributed by atoms with Crippen LogP contribution in [0.4, 0.5) is 4.79 Å². The van der Waals surface area contributed by atoms with Gasteiger partial charge in [-0.2, -0.15) is 0 Å².